The van der Waals surface area contributed by atoms with Crippen molar-refractivity contribution in [2.24, 2.45) is 0 Å². The predicted molar refractivity (Wildman–Crippen MR) is 109 cm³/mol. The molecule has 3 aromatic carbocycles. The monoisotopic (exact) mass is 367 g/mol. The van der Waals surface area contributed by atoms with Crippen molar-refractivity contribution in [2.45, 2.75) is 0 Å². The lowest BCUT2D eigenvalue weighted by Gasteiger charge is -2.11. The van der Waals surface area contributed by atoms with Crippen LogP contribution in [0, 0.1) is 0 Å². The predicted octanol–water partition coefficient (Wildman–Crippen LogP) is 3.98. The number of para-hydroxylation sites is 1. The van der Waals surface area contributed by atoms with Crippen molar-refractivity contribution in [3.8, 4) is 11.3 Å². The number of nitrogens with zero attached hydrogens (tertiary/aromatic N) is 1. The van der Waals surface area contributed by atoms with E-state index in [1.807, 2.05) is 60.7 Å². The number of aromatic nitrogens is 1. The van der Waals surface area contributed by atoms with Gasteiger partial charge in [-0.05, 0) is 24.3 Å². The zero-order valence-electron chi connectivity index (χ0n) is 14.9. The number of carbonyl (C=O) groups is 2. The normalized spacial score (nSPS) is 10.4. The fourth-order valence-corrected chi connectivity index (χ4v) is 2.96. The zero-order valence-corrected chi connectivity index (χ0v) is 14.9. The molecular formula is C23H17N3O2. The third-order valence-electron chi connectivity index (χ3n) is 4.36. The summed E-state index contributed by atoms with van der Waals surface area (Å²) in [6.45, 7) is 0. The maximum Gasteiger partial charge on any atom is 0.270 e. The highest BCUT2D eigenvalue weighted by Crippen LogP contribution is 2.24. The topological polar surface area (TPSA) is 71.1 Å². The molecule has 0 radical (unpaired) electrons. The second-order valence-corrected chi connectivity index (χ2v) is 6.21. The van der Waals surface area contributed by atoms with Gasteiger partial charge in [-0.25, -0.2) is 4.98 Å². The molecule has 2 amide bonds. The van der Waals surface area contributed by atoms with Crippen molar-refractivity contribution in [2.75, 3.05) is 0 Å². The van der Waals surface area contributed by atoms with Gasteiger partial charge in [0, 0.05) is 16.5 Å². The van der Waals surface area contributed by atoms with Crippen LogP contribution in [0.3, 0.4) is 0 Å². The highest BCUT2D eigenvalue weighted by atomic mass is 16.2. The first-order chi connectivity index (χ1) is 13.7. The Morgan fingerprint density at radius 2 is 1.29 bits per heavy atom. The van der Waals surface area contributed by atoms with Crippen molar-refractivity contribution < 1.29 is 9.59 Å². The average molecular weight is 367 g/mol. The zero-order chi connectivity index (χ0) is 19.3. The number of carbonyl (C=O) groups excluding carboxylic acids is 2. The van der Waals surface area contributed by atoms with Crippen LogP contribution in [-0.4, -0.2) is 16.8 Å². The van der Waals surface area contributed by atoms with Crippen LogP contribution in [0.15, 0.2) is 91.0 Å². The SMILES string of the molecule is O=C(NNC(=O)c1cc(-c2ccccc2)nc2ccccc12)c1ccccc1. The summed E-state index contributed by atoms with van der Waals surface area (Å²) in [7, 11) is 0. The maximum atomic E-state index is 12.8. The molecule has 0 bridgehead atoms. The number of pyridine rings is 1. The highest BCUT2D eigenvalue weighted by Gasteiger charge is 2.15. The van der Waals surface area contributed by atoms with Crippen LogP contribution in [0.5, 0.6) is 0 Å². The van der Waals surface area contributed by atoms with Gasteiger partial charge >= 0.3 is 0 Å². The van der Waals surface area contributed by atoms with Crippen molar-refractivity contribution in [1.82, 2.24) is 15.8 Å². The summed E-state index contributed by atoms with van der Waals surface area (Å²) in [4.78, 5) is 29.7. The summed E-state index contributed by atoms with van der Waals surface area (Å²) in [6.07, 6.45) is 0. The molecule has 0 spiro atoms. The number of rotatable bonds is 3. The van der Waals surface area contributed by atoms with Gasteiger partial charge in [0.05, 0.1) is 16.8 Å². The average Bonchev–Trinajstić information content (AvgIpc) is 2.77. The Labute approximate surface area is 162 Å². The van der Waals surface area contributed by atoms with Crippen molar-refractivity contribution in [1.29, 1.82) is 0 Å². The summed E-state index contributed by atoms with van der Waals surface area (Å²) >= 11 is 0. The van der Waals surface area contributed by atoms with Gasteiger partial charge in [-0.2, -0.15) is 0 Å². The van der Waals surface area contributed by atoms with Gasteiger partial charge in [-0.15, -0.1) is 0 Å². The minimum absolute atomic E-state index is 0.379. The number of hydrogen-bond donors (Lipinski definition) is 2. The van der Waals surface area contributed by atoms with Crippen LogP contribution in [0.2, 0.25) is 0 Å². The molecule has 0 saturated carbocycles. The van der Waals surface area contributed by atoms with Gasteiger partial charge in [0.2, 0.25) is 0 Å². The van der Waals surface area contributed by atoms with Crippen LogP contribution < -0.4 is 10.9 Å². The van der Waals surface area contributed by atoms with Gasteiger partial charge in [-0.3, -0.25) is 20.4 Å². The largest absolute Gasteiger partial charge is 0.270 e. The molecular weight excluding hydrogens is 350 g/mol. The van der Waals surface area contributed by atoms with E-state index in [-0.39, 0.29) is 5.91 Å². The van der Waals surface area contributed by atoms with Crippen LogP contribution in [0.4, 0.5) is 0 Å². The maximum absolute atomic E-state index is 12.8. The smallest absolute Gasteiger partial charge is 0.267 e. The quantitative estimate of drug-likeness (QED) is 0.538. The molecule has 0 aliphatic carbocycles. The molecule has 4 aromatic rings. The van der Waals surface area contributed by atoms with E-state index in [0.29, 0.717) is 27.7 Å². The Hall–Kier alpha value is -3.99. The number of fused-ring (bicyclic) bond motifs is 1. The fourth-order valence-electron chi connectivity index (χ4n) is 2.96. The van der Waals surface area contributed by atoms with E-state index in [1.165, 1.54) is 0 Å². The summed E-state index contributed by atoms with van der Waals surface area (Å²) < 4.78 is 0. The molecule has 28 heavy (non-hydrogen) atoms. The van der Waals surface area contributed by atoms with Gasteiger partial charge in [0.15, 0.2) is 0 Å². The van der Waals surface area contributed by atoms with Crippen LogP contribution in [-0.2, 0) is 0 Å². The Morgan fingerprint density at radius 3 is 2.04 bits per heavy atom. The van der Waals surface area contributed by atoms with E-state index >= 15 is 0 Å². The van der Waals surface area contributed by atoms with Crippen molar-refractivity contribution in [3.05, 3.63) is 102 Å². The van der Waals surface area contributed by atoms with Gasteiger partial charge < -0.3 is 0 Å². The summed E-state index contributed by atoms with van der Waals surface area (Å²) in [5, 5.41) is 0.716. The summed E-state index contributed by atoms with van der Waals surface area (Å²) in [5.41, 5.74) is 8.19. The summed E-state index contributed by atoms with van der Waals surface area (Å²) in [5.74, 6) is -0.782. The molecule has 5 heteroatoms. The van der Waals surface area contributed by atoms with Gasteiger partial charge in [0.25, 0.3) is 11.8 Å². The molecule has 0 fully saturated rings. The number of benzene rings is 3. The van der Waals surface area contributed by atoms with Crippen molar-refractivity contribution >= 4 is 22.7 Å². The number of amides is 2. The second kappa shape index (κ2) is 7.72. The molecule has 1 aromatic heterocycles. The molecule has 136 valence electrons. The lowest BCUT2D eigenvalue weighted by molar-refractivity contribution is 0.0847. The molecule has 0 aliphatic heterocycles. The number of nitrogens with one attached hydrogen (secondary N) is 2. The third kappa shape index (κ3) is 3.59. The first-order valence-electron chi connectivity index (χ1n) is 8.83. The summed E-state index contributed by atoms with van der Waals surface area (Å²) in [6, 6.07) is 27.5. The minimum atomic E-state index is -0.403. The molecule has 5 nitrogen and oxygen atoms in total. The third-order valence-corrected chi connectivity index (χ3v) is 4.36. The van der Waals surface area contributed by atoms with E-state index in [0.717, 1.165) is 5.56 Å². The highest BCUT2D eigenvalue weighted by molar-refractivity contribution is 6.08. The van der Waals surface area contributed by atoms with Crippen LogP contribution >= 0.6 is 0 Å². The Bertz CT molecular complexity index is 1140. The Kier molecular flexibility index (Phi) is 4.80. The molecule has 0 atom stereocenters. The molecule has 0 saturated heterocycles. The molecule has 1 heterocycles. The standard InChI is InChI=1S/C23H17N3O2/c27-22(17-11-5-2-6-12-17)25-26-23(28)19-15-21(16-9-3-1-4-10-16)24-20-14-8-7-13-18(19)20/h1-15H,(H,25,27)(H,26,28). The molecule has 0 aliphatic rings. The fraction of sp³-hybridized carbons (Fsp3) is 0. The molecule has 0 unspecified atom stereocenters. The Balaban J connectivity index is 1.65. The van der Waals surface area contributed by atoms with Gasteiger partial charge in [0.1, 0.15) is 0 Å². The number of hydrazine groups is 1. The lowest BCUT2D eigenvalue weighted by atomic mass is 10.0. The minimum Gasteiger partial charge on any atom is -0.267 e. The van der Waals surface area contributed by atoms with E-state index in [9.17, 15) is 9.59 Å². The van der Waals surface area contributed by atoms with E-state index in [4.69, 9.17) is 0 Å². The first kappa shape index (κ1) is 17.4. The Morgan fingerprint density at radius 1 is 0.679 bits per heavy atom. The van der Waals surface area contributed by atoms with Gasteiger partial charge in [-0.1, -0.05) is 66.7 Å². The molecule has 4 rings (SSSR count). The second-order valence-electron chi connectivity index (χ2n) is 6.21. The van der Waals surface area contributed by atoms with Crippen LogP contribution in [0.1, 0.15) is 20.7 Å². The van der Waals surface area contributed by atoms with E-state index in [1.54, 1.807) is 30.3 Å². The van der Waals surface area contributed by atoms with Crippen molar-refractivity contribution in [3.63, 3.8) is 0 Å². The van der Waals surface area contributed by atoms with E-state index < -0.39 is 5.91 Å². The molecule has 2 N–H and O–H groups in total. The van der Waals surface area contributed by atoms with Crippen LogP contribution in [0.25, 0.3) is 22.2 Å². The number of hydrogen-bond acceptors (Lipinski definition) is 3. The first-order valence-corrected chi connectivity index (χ1v) is 8.83. The van der Waals surface area contributed by atoms with E-state index in [2.05, 4.69) is 15.8 Å². The lowest BCUT2D eigenvalue weighted by Crippen LogP contribution is -2.41.